The van der Waals surface area contributed by atoms with Crippen molar-refractivity contribution in [3.8, 4) is 11.3 Å². The Bertz CT molecular complexity index is 1220. The van der Waals surface area contributed by atoms with Gasteiger partial charge in [-0.15, -0.1) is 0 Å². The van der Waals surface area contributed by atoms with Crippen molar-refractivity contribution in [3.63, 3.8) is 0 Å². The van der Waals surface area contributed by atoms with Crippen molar-refractivity contribution >= 4 is 27.8 Å². The summed E-state index contributed by atoms with van der Waals surface area (Å²) in [4.78, 5) is 17.5. The molecular weight excluding hydrogens is 348 g/mol. The second kappa shape index (κ2) is 6.48. The first-order valence-electron chi connectivity index (χ1n) is 9.87. The van der Waals surface area contributed by atoms with Crippen molar-refractivity contribution in [3.05, 3.63) is 65.4 Å². The second-order valence-electron chi connectivity index (χ2n) is 7.31. The van der Waals surface area contributed by atoms with Crippen LogP contribution in [0.1, 0.15) is 35.0 Å². The summed E-state index contributed by atoms with van der Waals surface area (Å²) in [7, 11) is 0. The lowest BCUT2D eigenvalue weighted by Crippen LogP contribution is -2.12. The number of aromatic nitrogens is 2. The number of carbonyl (C=O) groups is 1. The summed E-state index contributed by atoms with van der Waals surface area (Å²) in [5.74, 6) is -0.356. The Labute approximate surface area is 163 Å². The van der Waals surface area contributed by atoms with Crippen LogP contribution in [0.2, 0.25) is 0 Å². The van der Waals surface area contributed by atoms with E-state index in [-0.39, 0.29) is 5.97 Å². The first-order valence-corrected chi connectivity index (χ1v) is 9.87. The predicted molar refractivity (Wildman–Crippen MR) is 112 cm³/mol. The van der Waals surface area contributed by atoms with Crippen molar-refractivity contribution in [1.29, 1.82) is 0 Å². The highest BCUT2D eigenvalue weighted by Crippen LogP contribution is 2.41. The third-order valence-electron chi connectivity index (χ3n) is 5.69. The Morgan fingerprint density at radius 2 is 1.93 bits per heavy atom. The molecule has 1 aliphatic rings. The van der Waals surface area contributed by atoms with Crippen LogP contribution in [-0.4, -0.2) is 22.1 Å². The zero-order chi connectivity index (χ0) is 19.3. The van der Waals surface area contributed by atoms with E-state index in [4.69, 9.17) is 9.72 Å². The first-order chi connectivity index (χ1) is 13.7. The fourth-order valence-electron chi connectivity index (χ4n) is 4.53. The standard InChI is InChI=1S/C24H22N2O2/c1-3-28-24(27)20-15(2)19-18-13-7-11-17-12-8-14-26(22(17)18)23(19)21(25-20)16-9-5-4-6-10-16/h4-7,9-11,13H,3,8,12,14H2,1-2H3. The van der Waals surface area contributed by atoms with E-state index in [1.165, 1.54) is 16.5 Å². The third-order valence-corrected chi connectivity index (χ3v) is 5.69. The van der Waals surface area contributed by atoms with E-state index in [1.54, 1.807) is 0 Å². The van der Waals surface area contributed by atoms with Crippen LogP contribution >= 0.6 is 0 Å². The molecule has 0 aliphatic carbocycles. The molecule has 3 heterocycles. The number of hydrogen-bond acceptors (Lipinski definition) is 3. The van der Waals surface area contributed by atoms with Crippen LogP contribution in [0.3, 0.4) is 0 Å². The minimum Gasteiger partial charge on any atom is -0.461 e. The quantitative estimate of drug-likeness (QED) is 0.460. The number of nitrogens with zero attached hydrogens (tertiary/aromatic N) is 2. The van der Waals surface area contributed by atoms with Gasteiger partial charge < -0.3 is 9.30 Å². The van der Waals surface area contributed by atoms with Gasteiger partial charge in [0.2, 0.25) is 0 Å². The number of aryl methyl sites for hydroxylation is 3. The topological polar surface area (TPSA) is 44.1 Å². The summed E-state index contributed by atoms with van der Waals surface area (Å²) < 4.78 is 7.73. The Morgan fingerprint density at radius 3 is 2.71 bits per heavy atom. The molecule has 0 N–H and O–H groups in total. The van der Waals surface area contributed by atoms with E-state index in [1.807, 2.05) is 32.0 Å². The molecule has 1 aliphatic heterocycles. The molecule has 0 spiro atoms. The molecular formula is C24H22N2O2. The summed E-state index contributed by atoms with van der Waals surface area (Å²) in [5, 5.41) is 2.32. The maximum Gasteiger partial charge on any atom is 0.357 e. The average Bonchev–Trinajstić information content (AvgIpc) is 3.07. The maximum absolute atomic E-state index is 12.7. The number of ether oxygens (including phenoxy) is 1. The average molecular weight is 370 g/mol. The van der Waals surface area contributed by atoms with Crippen LogP contribution in [0.5, 0.6) is 0 Å². The van der Waals surface area contributed by atoms with Crippen LogP contribution in [-0.2, 0) is 17.7 Å². The Kier molecular flexibility index (Phi) is 3.93. The number of esters is 1. The highest BCUT2D eigenvalue weighted by molar-refractivity contribution is 6.16. The molecule has 4 heteroatoms. The monoisotopic (exact) mass is 370 g/mol. The molecule has 2 aromatic carbocycles. The SMILES string of the molecule is CCOC(=O)c1nc(-c2ccccc2)c2c(c1C)c1cccc3c1n2CCC3. The van der Waals surface area contributed by atoms with Crippen molar-refractivity contribution in [2.45, 2.75) is 33.2 Å². The minimum absolute atomic E-state index is 0.338. The summed E-state index contributed by atoms with van der Waals surface area (Å²) in [6, 6.07) is 16.6. The number of carbonyl (C=O) groups excluding carboxylic acids is 1. The molecule has 0 atom stereocenters. The number of para-hydroxylation sites is 1. The molecule has 5 rings (SSSR count). The number of hydrogen-bond donors (Lipinski definition) is 0. The van der Waals surface area contributed by atoms with Gasteiger partial charge in [-0.05, 0) is 37.8 Å². The van der Waals surface area contributed by atoms with Gasteiger partial charge in [0, 0.05) is 22.9 Å². The molecule has 2 aromatic heterocycles. The van der Waals surface area contributed by atoms with E-state index >= 15 is 0 Å². The van der Waals surface area contributed by atoms with Crippen molar-refractivity contribution < 1.29 is 9.53 Å². The van der Waals surface area contributed by atoms with Crippen LogP contribution in [0.25, 0.3) is 33.1 Å². The zero-order valence-electron chi connectivity index (χ0n) is 16.2. The molecule has 0 unspecified atom stereocenters. The van der Waals surface area contributed by atoms with Crippen molar-refractivity contribution in [2.75, 3.05) is 6.61 Å². The van der Waals surface area contributed by atoms with Gasteiger partial charge in [-0.25, -0.2) is 9.78 Å². The van der Waals surface area contributed by atoms with Gasteiger partial charge in [-0.1, -0.05) is 48.5 Å². The molecule has 0 fully saturated rings. The number of pyridine rings is 1. The summed E-state index contributed by atoms with van der Waals surface area (Å²) >= 11 is 0. The molecule has 0 bridgehead atoms. The lowest BCUT2D eigenvalue weighted by molar-refractivity contribution is 0.0519. The minimum atomic E-state index is -0.356. The smallest absolute Gasteiger partial charge is 0.357 e. The molecule has 0 saturated carbocycles. The first kappa shape index (κ1) is 17.0. The Balaban J connectivity index is 1.97. The van der Waals surface area contributed by atoms with Crippen molar-refractivity contribution in [1.82, 2.24) is 9.55 Å². The normalized spacial score (nSPS) is 13.2. The van der Waals surface area contributed by atoms with Crippen LogP contribution in [0.4, 0.5) is 0 Å². The van der Waals surface area contributed by atoms with Gasteiger partial charge in [0.25, 0.3) is 0 Å². The van der Waals surface area contributed by atoms with Gasteiger partial charge in [0.15, 0.2) is 5.69 Å². The van der Waals surface area contributed by atoms with Gasteiger partial charge in [-0.3, -0.25) is 0 Å². The number of fused-ring (bicyclic) bond motifs is 3. The highest BCUT2D eigenvalue weighted by Gasteiger charge is 2.26. The zero-order valence-corrected chi connectivity index (χ0v) is 16.2. The third kappa shape index (κ3) is 2.37. The fraction of sp³-hybridized carbons (Fsp3) is 0.250. The molecule has 140 valence electrons. The van der Waals surface area contributed by atoms with Crippen LogP contribution in [0.15, 0.2) is 48.5 Å². The van der Waals surface area contributed by atoms with E-state index < -0.39 is 0 Å². The summed E-state index contributed by atoms with van der Waals surface area (Å²) in [5.41, 5.74) is 6.96. The largest absolute Gasteiger partial charge is 0.461 e. The summed E-state index contributed by atoms with van der Waals surface area (Å²) in [6.45, 7) is 5.12. The predicted octanol–water partition coefficient (Wildman–Crippen LogP) is 5.29. The van der Waals surface area contributed by atoms with Crippen LogP contribution < -0.4 is 0 Å². The van der Waals surface area contributed by atoms with E-state index in [0.29, 0.717) is 12.3 Å². The van der Waals surface area contributed by atoms with Crippen LogP contribution in [0, 0.1) is 6.92 Å². The number of benzene rings is 2. The fourth-order valence-corrected chi connectivity index (χ4v) is 4.53. The van der Waals surface area contributed by atoms with E-state index in [2.05, 4.69) is 34.9 Å². The summed E-state index contributed by atoms with van der Waals surface area (Å²) in [6.07, 6.45) is 2.20. The maximum atomic E-state index is 12.7. The lowest BCUT2D eigenvalue weighted by atomic mass is 10.0. The van der Waals surface area contributed by atoms with Gasteiger partial charge in [0.05, 0.1) is 23.3 Å². The number of rotatable bonds is 3. The Hall–Kier alpha value is -3.14. The molecule has 0 amide bonds. The van der Waals surface area contributed by atoms with Gasteiger partial charge in [0.1, 0.15) is 0 Å². The highest BCUT2D eigenvalue weighted by atomic mass is 16.5. The van der Waals surface area contributed by atoms with Gasteiger partial charge in [-0.2, -0.15) is 0 Å². The molecule has 0 radical (unpaired) electrons. The molecule has 4 nitrogen and oxygen atoms in total. The van der Waals surface area contributed by atoms with Gasteiger partial charge >= 0.3 is 5.97 Å². The van der Waals surface area contributed by atoms with E-state index in [0.717, 1.165) is 47.1 Å². The Morgan fingerprint density at radius 1 is 1.11 bits per heavy atom. The van der Waals surface area contributed by atoms with Crippen molar-refractivity contribution in [2.24, 2.45) is 0 Å². The lowest BCUT2D eigenvalue weighted by Gasteiger charge is -2.17. The molecule has 0 saturated heterocycles. The molecule has 28 heavy (non-hydrogen) atoms. The van der Waals surface area contributed by atoms with E-state index in [9.17, 15) is 4.79 Å². The molecule has 4 aromatic rings. The second-order valence-corrected chi connectivity index (χ2v) is 7.31.